The Morgan fingerprint density at radius 2 is 1.87 bits per heavy atom. The van der Waals surface area contributed by atoms with Crippen LogP contribution in [0.15, 0.2) is 41.3 Å². The lowest BCUT2D eigenvalue weighted by Gasteiger charge is -2.03. The highest BCUT2D eigenvalue weighted by molar-refractivity contribution is 7.89. The molecule has 0 aliphatic carbocycles. The number of nitrogens with two attached hydrogens (primary N) is 1. The van der Waals surface area contributed by atoms with Crippen molar-refractivity contribution in [1.29, 1.82) is 0 Å². The van der Waals surface area contributed by atoms with Crippen LogP contribution in [-0.4, -0.2) is 8.42 Å². The molecule has 0 bridgehead atoms. The molecule has 15 heavy (non-hydrogen) atoms. The zero-order valence-electron chi connectivity index (χ0n) is 7.77. The molecule has 77 valence electrons. The molecule has 2 aromatic rings. The molecule has 5 heteroatoms. The molecule has 2 aromatic carbocycles. The van der Waals surface area contributed by atoms with E-state index in [1.165, 1.54) is 12.1 Å². The van der Waals surface area contributed by atoms with E-state index in [0.29, 0.717) is 16.5 Å². The first-order chi connectivity index (χ1) is 6.98. The summed E-state index contributed by atoms with van der Waals surface area (Å²) in [6.07, 6.45) is 0. The first-order valence-corrected chi connectivity index (χ1v) is 5.80. The molecule has 0 spiro atoms. The fourth-order valence-corrected chi connectivity index (χ4v) is 1.99. The van der Waals surface area contributed by atoms with Gasteiger partial charge in [-0.2, -0.15) is 0 Å². The van der Waals surface area contributed by atoms with Crippen LogP contribution in [0.2, 0.25) is 0 Å². The average Bonchev–Trinajstić information content (AvgIpc) is 2.16. The van der Waals surface area contributed by atoms with Gasteiger partial charge in [0.2, 0.25) is 10.0 Å². The third kappa shape index (κ3) is 1.79. The number of rotatable bonds is 1. The van der Waals surface area contributed by atoms with Gasteiger partial charge in [-0.15, -0.1) is 0 Å². The number of benzene rings is 2. The Morgan fingerprint density at radius 1 is 1.13 bits per heavy atom. The summed E-state index contributed by atoms with van der Waals surface area (Å²) in [4.78, 5) is 0.0700. The van der Waals surface area contributed by atoms with Crippen LogP contribution in [-0.2, 0) is 10.0 Å². The molecule has 1 radical (unpaired) electrons. The lowest BCUT2D eigenvalue weighted by atomic mass is 10.1. The first kappa shape index (κ1) is 9.95. The van der Waals surface area contributed by atoms with Gasteiger partial charge in [0.15, 0.2) is 0 Å². The molecule has 0 amide bonds. The highest BCUT2D eigenvalue weighted by Crippen LogP contribution is 2.24. The normalized spacial score (nSPS) is 11.8. The van der Waals surface area contributed by atoms with Crippen molar-refractivity contribution in [3.63, 3.8) is 0 Å². The topological polar surface area (TPSA) is 84.0 Å². The van der Waals surface area contributed by atoms with Crippen molar-refractivity contribution < 1.29 is 8.42 Å². The standard InChI is InChI=1S/C10H9N2O2S/c11-10-3-1-2-7-6-8(15(12,13)14)4-5-9(7)10/h1-6,11H,(H2,12,13,14). The first-order valence-electron chi connectivity index (χ1n) is 4.26. The van der Waals surface area contributed by atoms with Gasteiger partial charge in [0.05, 0.1) is 10.6 Å². The Morgan fingerprint density at radius 3 is 2.53 bits per heavy atom. The minimum absolute atomic E-state index is 0.0700. The van der Waals surface area contributed by atoms with Crippen molar-refractivity contribution in [3.8, 4) is 0 Å². The maximum atomic E-state index is 11.1. The predicted octanol–water partition coefficient (Wildman–Crippen LogP) is 1.40. The van der Waals surface area contributed by atoms with E-state index < -0.39 is 10.0 Å². The summed E-state index contributed by atoms with van der Waals surface area (Å²) < 4.78 is 22.2. The summed E-state index contributed by atoms with van der Waals surface area (Å²) in [7, 11) is -3.67. The van der Waals surface area contributed by atoms with Crippen molar-refractivity contribution in [3.05, 3.63) is 36.4 Å². The number of hydrogen-bond donors (Lipinski definition) is 1. The van der Waals surface area contributed by atoms with Crippen LogP contribution in [0.3, 0.4) is 0 Å². The smallest absolute Gasteiger partial charge is 0.238 e. The van der Waals surface area contributed by atoms with Gasteiger partial charge in [0.1, 0.15) is 0 Å². The molecule has 0 heterocycles. The molecule has 3 N–H and O–H groups in total. The summed E-state index contributed by atoms with van der Waals surface area (Å²) >= 11 is 0. The average molecular weight is 221 g/mol. The maximum absolute atomic E-state index is 11.1. The lowest BCUT2D eigenvalue weighted by molar-refractivity contribution is 0.598. The van der Waals surface area contributed by atoms with Crippen molar-refractivity contribution >= 4 is 26.5 Å². The van der Waals surface area contributed by atoms with E-state index in [2.05, 4.69) is 0 Å². The third-order valence-electron chi connectivity index (χ3n) is 2.18. The summed E-state index contributed by atoms with van der Waals surface area (Å²) in [6.45, 7) is 0. The molecular formula is C10H9N2O2S. The zero-order valence-corrected chi connectivity index (χ0v) is 8.58. The molecule has 0 saturated heterocycles. The quantitative estimate of drug-likeness (QED) is 0.789. The van der Waals surface area contributed by atoms with E-state index in [9.17, 15) is 8.42 Å². The molecule has 0 saturated carbocycles. The van der Waals surface area contributed by atoms with E-state index in [1.54, 1.807) is 24.3 Å². The van der Waals surface area contributed by atoms with Crippen LogP contribution >= 0.6 is 0 Å². The predicted molar refractivity (Wildman–Crippen MR) is 58.1 cm³/mol. The van der Waals surface area contributed by atoms with E-state index in [0.717, 1.165) is 0 Å². The number of fused-ring (bicyclic) bond motifs is 1. The van der Waals surface area contributed by atoms with Gasteiger partial charge in [-0.3, -0.25) is 0 Å². The van der Waals surface area contributed by atoms with Gasteiger partial charge in [0.25, 0.3) is 0 Å². The largest absolute Gasteiger partial charge is 0.300 e. The van der Waals surface area contributed by atoms with Crippen molar-refractivity contribution in [2.75, 3.05) is 0 Å². The van der Waals surface area contributed by atoms with E-state index in [4.69, 9.17) is 10.9 Å². The molecule has 2 rings (SSSR count). The van der Waals surface area contributed by atoms with Crippen LogP contribution in [0.1, 0.15) is 0 Å². The summed E-state index contributed by atoms with van der Waals surface area (Å²) in [5.41, 5.74) is 7.98. The second-order valence-electron chi connectivity index (χ2n) is 3.23. The monoisotopic (exact) mass is 221 g/mol. The Bertz CT molecular complexity index is 620. The van der Waals surface area contributed by atoms with E-state index in [-0.39, 0.29) is 4.90 Å². The molecule has 0 aromatic heterocycles. The second kappa shape index (κ2) is 3.22. The van der Waals surface area contributed by atoms with Crippen LogP contribution in [0.5, 0.6) is 0 Å². The highest BCUT2D eigenvalue weighted by atomic mass is 32.2. The van der Waals surface area contributed by atoms with Gasteiger partial charge in [0, 0.05) is 5.39 Å². The van der Waals surface area contributed by atoms with Gasteiger partial charge in [-0.05, 0) is 23.6 Å². The Kier molecular flexibility index (Phi) is 2.13. The Balaban J connectivity index is 2.79. The number of sulfonamides is 1. The van der Waals surface area contributed by atoms with Crippen molar-refractivity contribution in [2.45, 2.75) is 4.90 Å². The third-order valence-corrected chi connectivity index (χ3v) is 3.09. The molecular weight excluding hydrogens is 212 g/mol. The summed E-state index contributed by atoms with van der Waals surface area (Å²) in [5.74, 6) is 0. The molecule has 4 nitrogen and oxygen atoms in total. The minimum atomic E-state index is -3.67. The van der Waals surface area contributed by atoms with E-state index >= 15 is 0 Å². The van der Waals surface area contributed by atoms with Crippen LogP contribution in [0.25, 0.3) is 10.8 Å². The SMILES string of the molecule is [NH]c1cccc2cc(S(N)(=O)=O)ccc12. The van der Waals surface area contributed by atoms with Crippen LogP contribution in [0, 0.1) is 0 Å². The maximum Gasteiger partial charge on any atom is 0.238 e. The molecule has 0 atom stereocenters. The van der Waals surface area contributed by atoms with Crippen molar-refractivity contribution in [2.24, 2.45) is 5.14 Å². The molecule has 0 aliphatic rings. The zero-order chi connectivity index (χ0) is 11.1. The summed E-state index contributed by atoms with van der Waals surface area (Å²) in [5, 5.41) is 6.43. The van der Waals surface area contributed by atoms with Crippen LogP contribution < -0.4 is 10.9 Å². The van der Waals surface area contributed by atoms with Crippen LogP contribution in [0.4, 0.5) is 5.69 Å². The van der Waals surface area contributed by atoms with Gasteiger partial charge >= 0.3 is 0 Å². The Labute approximate surface area is 87.6 Å². The van der Waals surface area contributed by atoms with Crippen molar-refractivity contribution in [1.82, 2.24) is 5.73 Å². The second-order valence-corrected chi connectivity index (χ2v) is 4.79. The molecule has 0 unspecified atom stereocenters. The van der Waals surface area contributed by atoms with Gasteiger partial charge in [-0.25, -0.2) is 13.6 Å². The molecule has 0 aliphatic heterocycles. The fraction of sp³-hybridized carbons (Fsp3) is 0. The lowest BCUT2D eigenvalue weighted by Crippen LogP contribution is -2.11. The van der Waals surface area contributed by atoms with Gasteiger partial charge < -0.3 is 5.73 Å². The van der Waals surface area contributed by atoms with E-state index in [1.807, 2.05) is 0 Å². The Hall–Kier alpha value is -1.59. The molecule has 0 fully saturated rings. The number of primary sulfonamides is 1. The highest BCUT2D eigenvalue weighted by Gasteiger charge is 2.08. The number of hydrogen-bond acceptors (Lipinski definition) is 2. The minimum Gasteiger partial charge on any atom is -0.300 e. The summed E-state index contributed by atoms with van der Waals surface area (Å²) in [6, 6.07) is 9.59. The van der Waals surface area contributed by atoms with Gasteiger partial charge in [-0.1, -0.05) is 18.2 Å². The fourth-order valence-electron chi connectivity index (χ4n) is 1.44. The number of nitrogens with one attached hydrogen (secondary N) is 1.